The van der Waals surface area contributed by atoms with Gasteiger partial charge < -0.3 is 14.8 Å². The Kier molecular flexibility index (Phi) is 2.85. The molecule has 102 valence electrons. The molecule has 4 rings (SSSR count). The van der Waals surface area contributed by atoms with Gasteiger partial charge in [0.05, 0.1) is 0 Å². The molecule has 1 aliphatic carbocycles. The molecule has 1 aliphatic heterocycles. The van der Waals surface area contributed by atoms with E-state index in [4.69, 9.17) is 9.47 Å². The molecule has 0 amide bonds. The molecule has 1 heterocycles. The van der Waals surface area contributed by atoms with Crippen LogP contribution in [0.1, 0.15) is 23.5 Å². The first-order valence-corrected chi connectivity index (χ1v) is 7.07. The van der Waals surface area contributed by atoms with Gasteiger partial charge in [0.25, 0.3) is 0 Å². The Morgan fingerprint density at radius 1 is 1.00 bits per heavy atom. The van der Waals surface area contributed by atoms with Crippen molar-refractivity contribution in [2.24, 2.45) is 0 Å². The number of hydrogen-bond acceptors (Lipinski definition) is 3. The second-order valence-electron chi connectivity index (χ2n) is 5.43. The van der Waals surface area contributed by atoms with E-state index in [1.807, 2.05) is 6.07 Å². The molecule has 0 saturated heterocycles. The Morgan fingerprint density at radius 2 is 1.85 bits per heavy atom. The van der Waals surface area contributed by atoms with Crippen LogP contribution in [0, 0.1) is 0 Å². The summed E-state index contributed by atoms with van der Waals surface area (Å²) in [6, 6.07) is 17.5. The highest BCUT2D eigenvalue weighted by atomic mass is 16.7. The van der Waals surface area contributed by atoms with E-state index in [9.17, 15) is 0 Å². The van der Waals surface area contributed by atoms with Crippen LogP contribution in [-0.2, 0) is 6.54 Å². The number of nitrogens with one attached hydrogen (secondary N) is 1. The minimum absolute atomic E-state index is 0.338. The summed E-state index contributed by atoms with van der Waals surface area (Å²) >= 11 is 0. The average molecular weight is 267 g/mol. The summed E-state index contributed by atoms with van der Waals surface area (Å²) in [5.41, 5.74) is 2.68. The number of benzene rings is 2. The molecule has 0 radical (unpaired) electrons. The maximum Gasteiger partial charge on any atom is 0.231 e. The zero-order valence-electron chi connectivity index (χ0n) is 11.2. The molecular formula is C17H17NO2. The zero-order chi connectivity index (χ0) is 13.4. The van der Waals surface area contributed by atoms with Gasteiger partial charge >= 0.3 is 0 Å². The summed E-state index contributed by atoms with van der Waals surface area (Å²) < 4.78 is 10.7. The number of hydrogen-bond donors (Lipinski definition) is 1. The van der Waals surface area contributed by atoms with Gasteiger partial charge in [0.2, 0.25) is 6.79 Å². The van der Waals surface area contributed by atoms with Crippen LogP contribution in [0.15, 0.2) is 48.5 Å². The minimum atomic E-state index is 0.338. The number of ether oxygens (including phenoxy) is 2. The predicted octanol–water partition coefficient (Wildman–Crippen LogP) is 3.06. The van der Waals surface area contributed by atoms with Crippen LogP contribution < -0.4 is 14.8 Å². The first kappa shape index (κ1) is 11.8. The van der Waals surface area contributed by atoms with E-state index < -0.39 is 0 Å². The van der Waals surface area contributed by atoms with Crippen LogP contribution in [0.3, 0.4) is 0 Å². The van der Waals surface area contributed by atoms with Gasteiger partial charge in [-0.1, -0.05) is 36.4 Å². The van der Waals surface area contributed by atoms with Crippen molar-refractivity contribution < 1.29 is 9.47 Å². The highest BCUT2D eigenvalue weighted by Gasteiger charge is 2.37. The third-order valence-corrected chi connectivity index (χ3v) is 4.02. The van der Waals surface area contributed by atoms with E-state index in [0.717, 1.165) is 18.0 Å². The molecule has 2 aromatic rings. The summed E-state index contributed by atoms with van der Waals surface area (Å²) in [4.78, 5) is 0. The zero-order valence-corrected chi connectivity index (χ0v) is 11.2. The first-order valence-electron chi connectivity index (χ1n) is 7.07. The molecule has 2 unspecified atom stereocenters. The monoisotopic (exact) mass is 267 g/mol. The summed E-state index contributed by atoms with van der Waals surface area (Å²) in [5.74, 6) is 2.38. The second kappa shape index (κ2) is 4.84. The first-order chi connectivity index (χ1) is 9.90. The van der Waals surface area contributed by atoms with Crippen LogP contribution in [0.4, 0.5) is 0 Å². The van der Waals surface area contributed by atoms with Gasteiger partial charge in [0, 0.05) is 18.5 Å². The fourth-order valence-corrected chi connectivity index (χ4v) is 2.79. The maximum absolute atomic E-state index is 5.40. The van der Waals surface area contributed by atoms with Crippen LogP contribution >= 0.6 is 0 Å². The lowest BCUT2D eigenvalue weighted by atomic mass is 10.1. The van der Waals surface area contributed by atoms with Crippen LogP contribution in [0.2, 0.25) is 0 Å². The molecule has 3 heteroatoms. The smallest absolute Gasteiger partial charge is 0.231 e. The fourth-order valence-electron chi connectivity index (χ4n) is 2.79. The summed E-state index contributed by atoms with van der Waals surface area (Å²) in [6.07, 6.45) is 1.23. The fraction of sp³-hybridized carbons (Fsp3) is 0.294. The molecular weight excluding hydrogens is 250 g/mol. The molecule has 1 saturated carbocycles. The molecule has 1 fully saturated rings. The Bertz CT molecular complexity index is 612. The van der Waals surface area contributed by atoms with Crippen LogP contribution in [0.25, 0.3) is 0 Å². The summed E-state index contributed by atoms with van der Waals surface area (Å²) in [7, 11) is 0. The van der Waals surface area contributed by atoms with Crippen LogP contribution in [-0.4, -0.2) is 12.8 Å². The normalized spacial score (nSPS) is 22.8. The molecule has 2 atom stereocenters. The van der Waals surface area contributed by atoms with Crippen LogP contribution in [0.5, 0.6) is 11.5 Å². The van der Waals surface area contributed by atoms with Crippen molar-refractivity contribution in [1.29, 1.82) is 0 Å². The Hall–Kier alpha value is -2.00. The maximum atomic E-state index is 5.40. The van der Waals surface area contributed by atoms with Gasteiger partial charge in [0.1, 0.15) is 0 Å². The molecule has 1 N–H and O–H groups in total. The Labute approximate surface area is 118 Å². The molecule has 3 nitrogen and oxygen atoms in total. The van der Waals surface area contributed by atoms with E-state index in [2.05, 4.69) is 47.8 Å². The minimum Gasteiger partial charge on any atom is -0.454 e. The lowest BCUT2D eigenvalue weighted by molar-refractivity contribution is 0.174. The molecule has 0 aromatic heterocycles. The molecule has 2 aromatic carbocycles. The second-order valence-corrected chi connectivity index (χ2v) is 5.43. The van der Waals surface area contributed by atoms with Gasteiger partial charge in [0.15, 0.2) is 11.5 Å². The van der Waals surface area contributed by atoms with Gasteiger partial charge in [-0.15, -0.1) is 0 Å². The molecule has 0 bridgehead atoms. The van der Waals surface area contributed by atoms with E-state index in [1.165, 1.54) is 17.5 Å². The quantitative estimate of drug-likeness (QED) is 0.923. The van der Waals surface area contributed by atoms with Crippen molar-refractivity contribution >= 4 is 0 Å². The number of fused-ring (bicyclic) bond motifs is 1. The standard InChI is InChI=1S/C17H17NO2/c1-2-4-13(5-3-1)14-9-15(14)18-10-12-6-7-16-17(8-12)20-11-19-16/h1-8,14-15,18H,9-11H2. The third kappa shape index (κ3) is 2.25. The van der Waals surface area contributed by atoms with E-state index in [0.29, 0.717) is 18.8 Å². The van der Waals surface area contributed by atoms with E-state index in [1.54, 1.807) is 0 Å². The number of rotatable bonds is 4. The molecule has 0 spiro atoms. The SMILES string of the molecule is c1ccc(C2CC2NCc2ccc3c(c2)OCO3)cc1. The largest absolute Gasteiger partial charge is 0.454 e. The van der Waals surface area contributed by atoms with Crippen molar-refractivity contribution in [3.63, 3.8) is 0 Å². The predicted molar refractivity (Wildman–Crippen MR) is 77.0 cm³/mol. The van der Waals surface area contributed by atoms with Gasteiger partial charge in [-0.2, -0.15) is 0 Å². The lowest BCUT2D eigenvalue weighted by Gasteiger charge is -2.06. The van der Waals surface area contributed by atoms with E-state index >= 15 is 0 Å². The van der Waals surface area contributed by atoms with E-state index in [-0.39, 0.29) is 0 Å². The van der Waals surface area contributed by atoms with Gasteiger partial charge in [-0.25, -0.2) is 0 Å². The summed E-state index contributed by atoms with van der Waals surface area (Å²) in [5, 5.41) is 3.62. The molecule has 2 aliphatic rings. The summed E-state index contributed by atoms with van der Waals surface area (Å²) in [6.45, 7) is 1.22. The lowest BCUT2D eigenvalue weighted by Crippen LogP contribution is -2.17. The third-order valence-electron chi connectivity index (χ3n) is 4.02. The highest BCUT2D eigenvalue weighted by Crippen LogP contribution is 2.41. The Morgan fingerprint density at radius 3 is 2.75 bits per heavy atom. The van der Waals surface area contributed by atoms with Gasteiger partial charge in [-0.05, 0) is 29.7 Å². The van der Waals surface area contributed by atoms with Crippen molar-refractivity contribution in [3.8, 4) is 11.5 Å². The van der Waals surface area contributed by atoms with Crippen molar-refractivity contribution in [2.75, 3.05) is 6.79 Å². The Balaban J connectivity index is 1.36. The topological polar surface area (TPSA) is 30.5 Å². The van der Waals surface area contributed by atoms with Crippen molar-refractivity contribution in [2.45, 2.75) is 24.9 Å². The average Bonchev–Trinajstić information content (AvgIpc) is 3.13. The van der Waals surface area contributed by atoms with Gasteiger partial charge in [-0.3, -0.25) is 0 Å². The van der Waals surface area contributed by atoms with Crippen molar-refractivity contribution in [3.05, 3.63) is 59.7 Å². The molecule has 20 heavy (non-hydrogen) atoms. The highest BCUT2D eigenvalue weighted by molar-refractivity contribution is 5.44. The van der Waals surface area contributed by atoms with Crippen molar-refractivity contribution in [1.82, 2.24) is 5.32 Å².